The van der Waals surface area contributed by atoms with Crippen LogP contribution in [0.25, 0.3) is 11.1 Å². The van der Waals surface area contributed by atoms with E-state index in [4.69, 9.17) is 10.5 Å². The molecule has 1 unspecified atom stereocenters. The summed E-state index contributed by atoms with van der Waals surface area (Å²) in [5.74, 6) is -2.65. The second kappa shape index (κ2) is 10.2. The molecule has 0 radical (unpaired) electrons. The van der Waals surface area contributed by atoms with E-state index >= 15 is 0 Å². The van der Waals surface area contributed by atoms with Gasteiger partial charge in [-0.25, -0.2) is 4.79 Å². The van der Waals surface area contributed by atoms with Crippen molar-refractivity contribution in [3.8, 4) is 11.1 Å². The number of nitrogens with two attached hydrogens (primary N) is 1. The van der Waals surface area contributed by atoms with Crippen LogP contribution in [0.4, 0.5) is 5.69 Å². The molecule has 4 aromatic carbocycles. The predicted molar refractivity (Wildman–Crippen MR) is 150 cm³/mol. The summed E-state index contributed by atoms with van der Waals surface area (Å²) < 4.78 is 5.94. The van der Waals surface area contributed by atoms with Gasteiger partial charge in [-0.3, -0.25) is 19.5 Å². The quantitative estimate of drug-likeness (QED) is 0.360. The minimum atomic E-state index is -1.35. The van der Waals surface area contributed by atoms with Crippen molar-refractivity contribution in [1.82, 2.24) is 0 Å². The van der Waals surface area contributed by atoms with Gasteiger partial charge in [0.2, 0.25) is 0 Å². The van der Waals surface area contributed by atoms with Gasteiger partial charge >= 0.3 is 11.9 Å². The number of nitrogens with zero attached hydrogens (tertiary/aromatic N) is 2. The van der Waals surface area contributed by atoms with E-state index in [1.165, 1.54) is 0 Å². The second-order valence-electron chi connectivity index (χ2n) is 9.63. The molecule has 3 N–H and O–H groups in total. The van der Waals surface area contributed by atoms with Crippen molar-refractivity contribution in [2.24, 2.45) is 10.7 Å². The van der Waals surface area contributed by atoms with Crippen LogP contribution in [-0.2, 0) is 14.3 Å². The topological polar surface area (TPSA) is 122 Å². The fourth-order valence-electron chi connectivity index (χ4n) is 5.51. The zero-order chi connectivity index (χ0) is 27.8. The number of carbonyl (C=O) groups excluding carboxylic acids is 2. The molecule has 0 saturated heterocycles. The number of ether oxygens (including phenoxy) is 1. The number of fused-ring (bicyclic) bond motifs is 4. The van der Waals surface area contributed by atoms with Crippen LogP contribution in [0.5, 0.6) is 0 Å². The van der Waals surface area contributed by atoms with Crippen LogP contribution >= 0.6 is 0 Å². The molecule has 40 heavy (non-hydrogen) atoms. The molecule has 2 aliphatic rings. The van der Waals surface area contributed by atoms with E-state index in [1.54, 1.807) is 42.5 Å². The number of aliphatic carboxylic acids is 1. The molecule has 4 aromatic rings. The third-order valence-electron chi connectivity index (χ3n) is 7.26. The van der Waals surface area contributed by atoms with Gasteiger partial charge in [0.1, 0.15) is 13.2 Å². The first kappa shape index (κ1) is 25.2. The number of benzodiazepines with no additional fused rings is 1. The smallest absolute Gasteiger partial charge is 0.338 e. The Morgan fingerprint density at radius 3 is 2.12 bits per heavy atom. The van der Waals surface area contributed by atoms with Crippen molar-refractivity contribution < 1.29 is 24.2 Å². The van der Waals surface area contributed by atoms with Gasteiger partial charge in [0.05, 0.1) is 17.0 Å². The maximum absolute atomic E-state index is 13.8. The summed E-state index contributed by atoms with van der Waals surface area (Å²) in [6.07, 6.45) is -1.35. The van der Waals surface area contributed by atoms with E-state index in [1.807, 2.05) is 42.5 Å². The second-order valence-corrected chi connectivity index (χ2v) is 9.63. The van der Waals surface area contributed by atoms with Crippen LogP contribution in [-0.4, -0.2) is 48.0 Å². The number of carboxylic acid groups (broad SMARTS) is 1. The Morgan fingerprint density at radius 1 is 0.850 bits per heavy atom. The molecule has 0 bridgehead atoms. The van der Waals surface area contributed by atoms with Crippen LogP contribution in [0.2, 0.25) is 0 Å². The Balaban J connectivity index is 1.41. The monoisotopic (exact) mass is 531 g/mol. The van der Waals surface area contributed by atoms with Gasteiger partial charge in [-0.05, 0) is 34.4 Å². The van der Waals surface area contributed by atoms with Crippen LogP contribution in [0.15, 0.2) is 102 Å². The molecule has 1 amide bonds. The van der Waals surface area contributed by atoms with Crippen molar-refractivity contribution in [2.75, 3.05) is 18.1 Å². The lowest BCUT2D eigenvalue weighted by Crippen LogP contribution is -2.44. The molecule has 8 heteroatoms. The summed E-state index contributed by atoms with van der Waals surface area (Å²) in [6.45, 7) is -0.531. The Morgan fingerprint density at radius 2 is 1.48 bits per heavy atom. The van der Waals surface area contributed by atoms with Crippen LogP contribution in [0.3, 0.4) is 0 Å². The fraction of sp³-hybridized carbons (Fsp3) is 0.125. The molecular formula is C32H25N3O5. The maximum atomic E-state index is 13.8. The van der Waals surface area contributed by atoms with Gasteiger partial charge in [-0.15, -0.1) is 0 Å². The number of amides is 1. The third kappa shape index (κ3) is 4.34. The zero-order valence-electron chi connectivity index (χ0n) is 21.4. The number of anilines is 1. The van der Waals surface area contributed by atoms with Crippen LogP contribution in [0, 0.1) is 0 Å². The van der Waals surface area contributed by atoms with Gasteiger partial charge in [0.15, 0.2) is 6.17 Å². The fourth-order valence-corrected chi connectivity index (χ4v) is 5.51. The van der Waals surface area contributed by atoms with E-state index in [-0.39, 0.29) is 23.8 Å². The first-order valence-electron chi connectivity index (χ1n) is 12.8. The standard InChI is InChI=1S/C32H25N3O5/c33-30-31(38)35(17-27(36)37)26-16-8-15-24(28(26)29(34-30)19-9-2-1-3-10-19)32(39)40-18-25-22-13-6-4-11-20(22)21-12-5-7-14-23(21)25/h1-16,25,30H,17-18,33H2,(H,36,37). The van der Waals surface area contributed by atoms with Gasteiger partial charge in [-0.1, -0.05) is 84.9 Å². The highest BCUT2D eigenvalue weighted by molar-refractivity contribution is 6.24. The molecule has 6 rings (SSSR count). The highest BCUT2D eigenvalue weighted by atomic mass is 16.5. The number of carbonyl (C=O) groups is 3. The van der Waals surface area contributed by atoms with Crippen molar-refractivity contribution in [2.45, 2.75) is 12.1 Å². The summed E-state index contributed by atoms with van der Waals surface area (Å²) in [5.41, 5.74) is 12.1. The van der Waals surface area contributed by atoms with Crippen molar-refractivity contribution in [3.05, 3.63) is 125 Å². The average Bonchev–Trinajstić information content (AvgIpc) is 3.25. The minimum absolute atomic E-state index is 0.103. The first-order chi connectivity index (χ1) is 19.4. The first-order valence-corrected chi connectivity index (χ1v) is 12.8. The predicted octanol–water partition coefficient (Wildman–Crippen LogP) is 4.21. The average molecular weight is 532 g/mol. The van der Waals surface area contributed by atoms with Gasteiger partial charge in [0, 0.05) is 17.0 Å². The molecular weight excluding hydrogens is 506 g/mol. The molecule has 1 heterocycles. The van der Waals surface area contributed by atoms with Crippen molar-refractivity contribution >= 4 is 29.2 Å². The molecule has 0 fully saturated rings. The third-order valence-corrected chi connectivity index (χ3v) is 7.26. The van der Waals surface area contributed by atoms with Gasteiger partial charge < -0.3 is 15.6 Å². The molecule has 8 nitrogen and oxygen atoms in total. The number of esters is 1. The Labute approximate surface area is 230 Å². The molecule has 1 aliphatic heterocycles. The summed E-state index contributed by atoms with van der Waals surface area (Å²) in [7, 11) is 0. The van der Waals surface area contributed by atoms with Crippen molar-refractivity contribution in [3.63, 3.8) is 0 Å². The number of benzene rings is 4. The van der Waals surface area contributed by atoms with E-state index in [9.17, 15) is 19.5 Å². The molecule has 0 saturated carbocycles. The normalized spacial score (nSPS) is 15.9. The number of carboxylic acids is 1. The SMILES string of the molecule is NC1N=C(c2ccccc2)c2c(C(=O)OCC3c4ccccc4-c4ccccc43)cccc2N(CC(=O)O)C1=O. The summed E-state index contributed by atoms with van der Waals surface area (Å²) >= 11 is 0. The largest absolute Gasteiger partial charge is 0.480 e. The van der Waals surface area contributed by atoms with Crippen LogP contribution < -0.4 is 10.6 Å². The van der Waals surface area contributed by atoms with Crippen molar-refractivity contribution in [1.29, 1.82) is 0 Å². The Hall–Kier alpha value is -5.08. The molecule has 1 aliphatic carbocycles. The van der Waals surface area contributed by atoms with E-state index in [0.717, 1.165) is 27.2 Å². The number of hydrogen-bond donors (Lipinski definition) is 2. The Bertz CT molecular complexity index is 1640. The summed E-state index contributed by atoms with van der Waals surface area (Å²) in [6, 6.07) is 29.9. The number of hydrogen-bond acceptors (Lipinski definition) is 6. The summed E-state index contributed by atoms with van der Waals surface area (Å²) in [4.78, 5) is 44.1. The molecule has 198 valence electrons. The minimum Gasteiger partial charge on any atom is -0.480 e. The highest BCUT2D eigenvalue weighted by Gasteiger charge is 2.35. The lowest BCUT2D eigenvalue weighted by Gasteiger charge is -2.23. The Kier molecular flexibility index (Phi) is 6.45. The number of aliphatic imine (C=N–C) groups is 1. The zero-order valence-corrected chi connectivity index (χ0v) is 21.4. The lowest BCUT2D eigenvalue weighted by atomic mass is 9.95. The highest BCUT2D eigenvalue weighted by Crippen LogP contribution is 2.44. The van der Waals surface area contributed by atoms with Gasteiger partial charge in [0.25, 0.3) is 5.91 Å². The number of rotatable bonds is 6. The molecule has 0 aromatic heterocycles. The maximum Gasteiger partial charge on any atom is 0.338 e. The van der Waals surface area contributed by atoms with E-state index in [0.29, 0.717) is 16.8 Å². The van der Waals surface area contributed by atoms with Gasteiger partial charge in [-0.2, -0.15) is 0 Å². The lowest BCUT2D eigenvalue weighted by molar-refractivity contribution is -0.136. The van der Waals surface area contributed by atoms with E-state index < -0.39 is 30.6 Å². The molecule has 1 atom stereocenters. The summed E-state index contributed by atoms with van der Waals surface area (Å²) in [5, 5.41) is 9.55. The van der Waals surface area contributed by atoms with Crippen LogP contribution in [0.1, 0.15) is 38.5 Å². The van der Waals surface area contributed by atoms with E-state index in [2.05, 4.69) is 17.1 Å². The molecule has 0 spiro atoms.